The lowest BCUT2D eigenvalue weighted by Crippen LogP contribution is -2.26. The van der Waals surface area contributed by atoms with E-state index in [9.17, 15) is 0 Å². The lowest BCUT2D eigenvalue weighted by atomic mass is 10.3. The molecule has 0 radical (unpaired) electrons. The van der Waals surface area contributed by atoms with Crippen LogP contribution in [0.4, 0.5) is 5.00 Å². The van der Waals surface area contributed by atoms with Crippen molar-refractivity contribution in [3.05, 3.63) is 10.7 Å². The molecule has 0 saturated carbocycles. The summed E-state index contributed by atoms with van der Waals surface area (Å²) in [5, 5.41) is 10.0. The van der Waals surface area contributed by atoms with Gasteiger partial charge in [0.2, 0.25) is 0 Å². The highest BCUT2D eigenvalue weighted by atomic mass is 35.5. The molecule has 0 unspecified atom stereocenters. The Labute approximate surface area is 91.0 Å². The van der Waals surface area contributed by atoms with E-state index in [4.69, 9.17) is 22.6 Å². The lowest BCUT2D eigenvalue weighted by molar-refractivity contribution is 0.752. The molecule has 1 saturated heterocycles. The first kappa shape index (κ1) is 9.71. The Morgan fingerprint density at radius 2 is 2.50 bits per heavy atom. The summed E-state index contributed by atoms with van der Waals surface area (Å²) in [6.07, 6.45) is 0.959. The maximum absolute atomic E-state index is 8.89. The van der Waals surface area contributed by atoms with Crippen LogP contribution in [0.1, 0.15) is 12.0 Å². The second-order valence-electron chi connectivity index (χ2n) is 3.26. The molecular formula is C8H9ClN4S. The monoisotopic (exact) mass is 228 g/mol. The van der Waals surface area contributed by atoms with Crippen LogP contribution in [0.3, 0.4) is 0 Å². The van der Waals surface area contributed by atoms with Gasteiger partial charge < -0.3 is 10.6 Å². The molecule has 1 atom stereocenters. The molecule has 2 rings (SSSR count). The third-order valence-corrected chi connectivity index (χ3v) is 3.54. The second-order valence-corrected chi connectivity index (χ2v) is 4.37. The van der Waals surface area contributed by atoms with Gasteiger partial charge in [0.25, 0.3) is 0 Å². The molecule has 2 heterocycles. The third-order valence-electron chi connectivity index (χ3n) is 2.26. The van der Waals surface area contributed by atoms with Gasteiger partial charge >= 0.3 is 0 Å². The summed E-state index contributed by atoms with van der Waals surface area (Å²) in [4.78, 5) is 2.08. The Morgan fingerprint density at radius 1 is 1.71 bits per heavy atom. The predicted molar refractivity (Wildman–Crippen MR) is 56.6 cm³/mol. The number of nitriles is 1. The van der Waals surface area contributed by atoms with Gasteiger partial charge in [-0.25, -0.2) is 0 Å². The van der Waals surface area contributed by atoms with E-state index in [-0.39, 0.29) is 6.04 Å². The summed E-state index contributed by atoms with van der Waals surface area (Å²) >= 11 is 7.04. The van der Waals surface area contributed by atoms with Gasteiger partial charge in [-0.05, 0) is 18.0 Å². The summed E-state index contributed by atoms with van der Waals surface area (Å²) in [6.45, 7) is 1.67. The van der Waals surface area contributed by atoms with E-state index >= 15 is 0 Å². The van der Waals surface area contributed by atoms with Crippen molar-refractivity contribution < 1.29 is 0 Å². The largest absolute Gasteiger partial charge is 0.359 e. The summed E-state index contributed by atoms with van der Waals surface area (Å²) in [6, 6.07) is 2.27. The molecule has 1 aliphatic rings. The molecule has 74 valence electrons. The van der Waals surface area contributed by atoms with Crippen molar-refractivity contribution in [2.45, 2.75) is 12.5 Å². The molecule has 1 aromatic heterocycles. The Morgan fingerprint density at radius 3 is 3.07 bits per heavy atom. The smallest absolute Gasteiger partial charge is 0.162 e. The molecule has 0 aliphatic carbocycles. The number of halogens is 1. The normalized spacial score (nSPS) is 21.2. The van der Waals surface area contributed by atoms with Crippen molar-refractivity contribution in [1.82, 2.24) is 4.37 Å². The number of aromatic nitrogens is 1. The van der Waals surface area contributed by atoms with Crippen LogP contribution < -0.4 is 10.6 Å². The maximum atomic E-state index is 8.89. The Balaban J connectivity index is 2.29. The minimum atomic E-state index is 0.197. The fourth-order valence-electron chi connectivity index (χ4n) is 1.54. The fourth-order valence-corrected chi connectivity index (χ4v) is 2.61. The fraction of sp³-hybridized carbons (Fsp3) is 0.500. The standard InChI is InChI=1S/C8H9ClN4S/c9-7-6(3-10)8(14-12-7)13-2-1-5(11)4-13/h5H,1-2,4,11H2/t5-/m0/s1. The zero-order valence-corrected chi connectivity index (χ0v) is 8.98. The number of hydrogen-bond donors (Lipinski definition) is 1. The van der Waals surface area contributed by atoms with Gasteiger partial charge in [-0.1, -0.05) is 11.6 Å². The molecule has 0 aromatic carbocycles. The van der Waals surface area contributed by atoms with Gasteiger partial charge in [-0.15, -0.1) is 0 Å². The molecule has 14 heavy (non-hydrogen) atoms. The van der Waals surface area contributed by atoms with Crippen LogP contribution in [-0.4, -0.2) is 23.5 Å². The molecule has 2 N–H and O–H groups in total. The third kappa shape index (κ3) is 1.57. The van der Waals surface area contributed by atoms with Gasteiger partial charge in [0.15, 0.2) is 5.15 Å². The molecule has 0 amide bonds. The molecule has 0 spiro atoms. The zero-order chi connectivity index (χ0) is 10.1. The van der Waals surface area contributed by atoms with Crippen LogP contribution in [-0.2, 0) is 0 Å². The topological polar surface area (TPSA) is 65.9 Å². The van der Waals surface area contributed by atoms with Crippen LogP contribution in [0.25, 0.3) is 0 Å². The van der Waals surface area contributed by atoms with E-state index in [1.165, 1.54) is 11.5 Å². The zero-order valence-electron chi connectivity index (χ0n) is 7.40. The van der Waals surface area contributed by atoms with E-state index in [2.05, 4.69) is 15.3 Å². The van der Waals surface area contributed by atoms with Crippen molar-refractivity contribution in [2.24, 2.45) is 5.73 Å². The predicted octanol–water partition coefficient (Wildman–Crippen LogP) is 1.21. The molecule has 4 nitrogen and oxygen atoms in total. The number of nitrogens with zero attached hydrogens (tertiary/aromatic N) is 3. The first-order chi connectivity index (χ1) is 6.72. The van der Waals surface area contributed by atoms with Crippen LogP contribution >= 0.6 is 23.1 Å². The molecule has 1 fully saturated rings. The highest BCUT2D eigenvalue weighted by molar-refractivity contribution is 7.10. The van der Waals surface area contributed by atoms with E-state index in [0.29, 0.717) is 10.7 Å². The van der Waals surface area contributed by atoms with Gasteiger partial charge in [0, 0.05) is 19.1 Å². The van der Waals surface area contributed by atoms with Gasteiger partial charge in [0.1, 0.15) is 16.6 Å². The lowest BCUT2D eigenvalue weighted by Gasteiger charge is -2.14. The summed E-state index contributed by atoms with van der Waals surface area (Å²) in [7, 11) is 0. The highest BCUT2D eigenvalue weighted by Crippen LogP contribution is 2.32. The van der Waals surface area contributed by atoms with Crippen molar-refractivity contribution in [2.75, 3.05) is 18.0 Å². The van der Waals surface area contributed by atoms with E-state index in [0.717, 1.165) is 24.5 Å². The van der Waals surface area contributed by atoms with Crippen molar-refractivity contribution in [3.63, 3.8) is 0 Å². The van der Waals surface area contributed by atoms with Crippen molar-refractivity contribution >= 4 is 28.1 Å². The van der Waals surface area contributed by atoms with Gasteiger partial charge in [-0.3, -0.25) is 0 Å². The van der Waals surface area contributed by atoms with Crippen LogP contribution in [0.2, 0.25) is 5.15 Å². The van der Waals surface area contributed by atoms with Crippen molar-refractivity contribution in [1.29, 1.82) is 5.26 Å². The molecule has 6 heteroatoms. The quantitative estimate of drug-likeness (QED) is 0.785. The molecular weight excluding hydrogens is 220 g/mol. The molecule has 1 aliphatic heterocycles. The molecule has 1 aromatic rings. The minimum absolute atomic E-state index is 0.197. The minimum Gasteiger partial charge on any atom is -0.359 e. The highest BCUT2D eigenvalue weighted by Gasteiger charge is 2.24. The second kappa shape index (κ2) is 3.73. The van der Waals surface area contributed by atoms with Crippen molar-refractivity contribution in [3.8, 4) is 6.07 Å². The van der Waals surface area contributed by atoms with Crippen LogP contribution in [0, 0.1) is 11.3 Å². The Kier molecular flexibility index (Phi) is 2.59. The number of rotatable bonds is 1. The number of nitrogens with two attached hydrogens (primary N) is 1. The van der Waals surface area contributed by atoms with Gasteiger partial charge in [0.05, 0.1) is 0 Å². The summed E-state index contributed by atoms with van der Waals surface area (Å²) < 4.78 is 3.96. The Hall–Kier alpha value is -0.830. The van der Waals surface area contributed by atoms with E-state index in [1.54, 1.807) is 0 Å². The van der Waals surface area contributed by atoms with E-state index in [1.807, 2.05) is 0 Å². The van der Waals surface area contributed by atoms with Crippen LogP contribution in [0.5, 0.6) is 0 Å². The Bertz CT molecular complexity index is 383. The first-order valence-electron chi connectivity index (χ1n) is 4.28. The number of anilines is 1. The van der Waals surface area contributed by atoms with Crippen LogP contribution in [0.15, 0.2) is 0 Å². The maximum Gasteiger partial charge on any atom is 0.162 e. The van der Waals surface area contributed by atoms with Gasteiger partial charge in [-0.2, -0.15) is 9.64 Å². The SMILES string of the molecule is N#Cc1c(Cl)nsc1N1CC[C@H](N)C1. The summed E-state index contributed by atoms with van der Waals surface area (Å²) in [5.74, 6) is 0. The molecule has 0 bridgehead atoms. The summed E-state index contributed by atoms with van der Waals surface area (Å²) in [5.41, 5.74) is 6.27. The first-order valence-corrected chi connectivity index (χ1v) is 5.43. The number of hydrogen-bond acceptors (Lipinski definition) is 5. The average molecular weight is 229 g/mol. The average Bonchev–Trinajstić information content (AvgIpc) is 2.71. The van der Waals surface area contributed by atoms with E-state index < -0.39 is 0 Å².